The van der Waals surface area contributed by atoms with Crippen molar-refractivity contribution in [1.29, 1.82) is 0 Å². The fraction of sp³-hybridized carbons (Fsp3) is 1.00. The zero-order chi connectivity index (χ0) is 11.4. The molecule has 0 spiro atoms. The Hall–Kier alpha value is -0.0800. The lowest BCUT2D eigenvalue weighted by molar-refractivity contribution is 0.220. The summed E-state index contributed by atoms with van der Waals surface area (Å²) < 4.78 is 0. The van der Waals surface area contributed by atoms with Crippen LogP contribution in [0.4, 0.5) is 0 Å². The van der Waals surface area contributed by atoms with Crippen LogP contribution in [0.3, 0.4) is 0 Å². The molecule has 0 saturated carbocycles. The van der Waals surface area contributed by atoms with Gasteiger partial charge >= 0.3 is 0 Å². The molecule has 86 valence electrons. The SMILES string of the molecule is CC(C)[C@@H](C)NCC(C)(C)CN(C)C. The fourth-order valence-electron chi connectivity index (χ4n) is 1.58. The van der Waals surface area contributed by atoms with E-state index in [4.69, 9.17) is 0 Å². The van der Waals surface area contributed by atoms with Crippen molar-refractivity contribution in [3.63, 3.8) is 0 Å². The molecule has 0 amide bonds. The third-order valence-corrected chi connectivity index (χ3v) is 2.65. The van der Waals surface area contributed by atoms with Crippen LogP contribution in [-0.4, -0.2) is 38.1 Å². The quantitative estimate of drug-likeness (QED) is 0.707. The first kappa shape index (κ1) is 13.9. The summed E-state index contributed by atoms with van der Waals surface area (Å²) >= 11 is 0. The van der Waals surface area contributed by atoms with E-state index < -0.39 is 0 Å². The van der Waals surface area contributed by atoms with E-state index in [0.717, 1.165) is 13.1 Å². The first-order valence-corrected chi connectivity index (χ1v) is 5.63. The molecule has 0 saturated heterocycles. The van der Waals surface area contributed by atoms with Gasteiger partial charge in [-0.1, -0.05) is 27.7 Å². The van der Waals surface area contributed by atoms with Crippen molar-refractivity contribution in [3.05, 3.63) is 0 Å². The molecule has 0 radical (unpaired) electrons. The third-order valence-electron chi connectivity index (χ3n) is 2.65. The van der Waals surface area contributed by atoms with Crippen molar-refractivity contribution in [2.75, 3.05) is 27.2 Å². The van der Waals surface area contributed by atoms with Crippen molar-refractivity contribution in [1.82, 2.24) is 10.2 Å². The average Bonchev–Trinajstić information content (AvgIpc) is 1.97. The van der Waals surface area contributed by atoms with Crippen LogP contribution < -0.4 is 5.32 Å². The molecule has 0 heterocycles. The molecule has 0 unspecified atom stereocenters. The largest absolute Gasteiger partial charge is 0.313 e. The van der Waals surface area contributed by atoms with Gasteiger partial charge in [0.05, 0.1) is 0 Å². The van der Waals surface area contributed by atoms with Crippen LogP contribution in [0.5, 0.6) is 0 Å². The van der Waals surface area contributed by atoms with Crippen molar-refractivity contribution < 1.29 is 0 Å². The zero-order valence-electron chi connectivity index (χ0n) is 11.0. The van der Waals surface area contributed by atoms with Gasteiger partial charge in [-0.3, -0.25) is 0 Å². The molecule has 0 rings (SSSR count). The van der Waals surface area contributed by atoms with Crippen LogP contribution in [0.15, 0.2) is 0 Å². The highest BCUT2D eigenvalue weighted by atomic mass is 15.1. The highest BCUT2D eigenvalue weighted by molar-refractivity contribution is 4.76. The lowest BCUT2D eigenvalue weighted by Gasteiger charge is -2.31. The summed E-state index contributed by atoms with van der Waals surface area (Å²) in [4.78, 5) is 2.25. The Morgan fingerprint density at radius 2 is 1.64 bits per heavy atom. The Balaban J connectivity index is 3.86. The highest BCUT2D eigenvalue weighted by Crippen LogP contribution is 2.15. The van der Waals surface area contributed by atoms with Gasteiger partial charge in [0.25, 0.3) is 0 Å². The summed E-state index contributed by atoms with van der Waals surface area (Å²) in [7, 11) is 4.27. The molecular weight excluding hydrogens is 172 g/mol. The molecule has 0 fully saturated rings. The predicted molar refractivity (Wildman–Crippen MR) is 64.6 cm³/mol. The average molecular weight is 200 g/mol. The maximum atomic E-state index is 3.60. The van der Waals surface area contributed by atoms with E-state index >= 15 is 0 Å². The zero-order valence-corrected chi connectivity index (χ0v) is 11.0. The summed E-state index contributed by atoms with van der Waals surface area (Å²) in [5.74, 6) is 0.713. The molecule has 1 N–H and O–H groups in total. The van der Waals surface area contributed by atoms with E-state index in [0.29, 0.717) is 17.4 Å². The summed E-state index contributed by atoms with van der Waals surface area (Å²) in [5.41, 5.74) is 0.354. The van der Waals surface area contributed by atoms with E-state index in [1.54, 1.807) is 0 Å². The number of hydrogen-bond donors (Lipinski definition) is 1. The van der Waals surface area contributed by atoms with Crippen LogP contribution >= 0.6 is 0 Å². The third kappa shape index (κ3) is 6.39. The van der Waals surface area contributed by atoms with Gasteiger partial charge in [-0.05, 0) is 32.4 Å². The fourth-order valence-corrected chi connectivity index (χ4v) is 1.58. The van der Waals surface area contributed by atoms with E-state index in [2.05, 4.69) is 58.9 Å². The molecule has 0 aromatic rings. The van der Waals surface area contributed by atoms with Gasteiger partial charge in [0, 0.05) is 19.1 Å². The molecule has 14 heavy (non-hydrogen) atoms. The van der Waals surface area contributed by atoms with Gasteiger partial charge < -0.3 is 10.2 Å². The van der Waals surface area contributed by atoms with E-state index in [1.165, 1.54) is 0 Å². The van der Waals surface area contributed by atoms with Gasteiger partial charge in [-0.25, -0.2) is 0 Å². The van der Waals surface area contributed by atoms with Crippen LogP contribution in [0, 0.1) is 11.3 Å². The van der Waals surface area contributed by atoms with Crippen LogP contribution in [0.2, 0.25) is 0 Å². The van der Waals surface area contributed by atoms with Gasteiger partial charge in [0.15, 0.2) is 0 Å². The molecule has 2 nitrogen and oxygen atoms in total. The number of hydrogen-bond acceptors (Lipinski definition) is 2. The molecule has 0 aliphatic heterocycles. The minimum absolute atomic E-state index is 0.354. The van der Waals surface area contributed by atoms with Crippen LogP contribution in [0.25, 0.3) is 0 Å². The van der Waals surface area contributed by atoms with E-state index in [1.807, 2.05) is 0 Å². The molecule has 0 aromatic heterocycles. The summed E-state index contributed by atoms with van der Waals surface area (Å²) in [5, 5.41) is 3.60. The lowest BCUT2D eigenvalue weighted by Crippen LogP contribution is -2.42. The monoisotopic (exact) mass is 200 g/mol. The standard InChI is InChI=1S/C12H28N2/c1-10(2)11(3)13-8-12(4,5)9-14(6)7/h10-11,13H,8-9H2,1-7H3/t11-/m1/s1. The van der Waals surface area contributed by atoms with Crippen molar-refractivity contribution in [2.45, 2.75) is 40.7 Å². The van der Waals surface area contributed by atoms with E-state index in [-0.39, 0.29) is 0 Å². The molecule has 1 atom stereocenters. The number of rotatable bonds is 6. The predicted octanol–water partition coefficient (Wildman–Crippen LogP) is 2.21. The summed E-state index contributed by atoms with van der Waals surface area (Å²) in [6.07, 6.45) is 0. The maximum absolute atomic E-state index is 3.60. The molecule has 0 aliphatic carbocycles. The Labute approximate surface area is 90.1 Å². The Bertz CT molecular complexity index is 150. The summed E-state index contributed by atoms with van der Waals surface area (Å²) in [6.45, 7) is 13.6. The first-order valence-electron chi connectivity index (χ1n) is 5.63. The smallest absolute Gasteiger partial charge is 0.00619 e. The van der Waals surface area contributed by atoms with E-state index in [9.17, 15) is 0 Å². The Kier molecular flexibility index (Phi) is 5.68. The molecule has 0 aromatic carbocycles. The first-order chi connectivity index (χ1) is 6.24. The second-order valence-corrected chi connectivity index (χ2v) is 5.82. The minimum atomic E-state index is 0.354. The topological polar surface area (TPSA) is 15.3 Å². The summed E-state index contributed by atoms with van der Waals surface area (Å²) in [6, 6.07) is 0.608. The second kappa shape index (κ2) is 5.72. The van der Waals surface area contributed by atoms with Crippen molar-refractivity contribution in [3.8, 4) is 0 Å². The Morgan fingerprint density at radius 3 is 2.00 bits per heavy atom. The van der Waals surface area contributed by atoms with Gasteiger partial charge in [-0.2, -0.15) is 0 Å². The van der Waals surface area contributed by atoms with Gasteiger partial charge in [0.2, 0.25) is 0 Å². The van der Waals surface area contributed by atoms with Crippen LogP contribution in [-0.2, 0) is 0 Å². The Morgan fingerprint density at radius 1 is 1.14 bits per heavy atom. The van der Waals surface area contributed by atoms with Crippen molar-refractivity contribution >= 4 is 0 Å². The normalized spacial score (nSPS) is 15.2. The minimum Gasteiger partial charge on any atom is -0.313 e. The molecule has 2 heteroatoms. The molecular formula is C12H28N2. The maximum Gasteiger partial charge on any atom is 0.00619 e. The molecule has 0 aliphatic rings. The van der Waals surface area contributed by atoms with Gasteiger partial charge in [0.1, 0.15) is 0 Å². The lowest BCUT2D eigenvalue weighted by atomic mass is 9.92. The number of nitrogens with zero attached hydrogens (tertiary/aromatic N) is 1. The van der Waals surface area contributed by atoms with Crippen molar-refractivity contribution in [2.24, 2.45) is 11.3 Å². The highest BCUT2D eigenvalue weighted by Gasteiger charge is 2.19. The molecule has 0 bridgehead atoms. The second-order valence-electron chi connectivity index (χ2n) is 5.82. The number of nitrogens with one attached hydrogen (secondary N) is 1. The van der Waals surface area contributed by atoms with Crippen LogP contribution in [0.1, 0.15) is 34.6 Å². The van der Waals surface area contributed by atoms with Gasteiger partial charge in [-0.15, -0.1) is 0 Å².